The molecular weight excluding hydrogens is 408 g/mol. The molecule has 1 amide bonds. The van der Waals surface area contributed by atoms with Crippen molar-refractivity contribution in [2.24, 2.45) is 0 Å². The number of nitrogens with zero attached hydrogens (tertiary/aromatic N) is 6. The van der Waals surface area contributed by atoms with E-state index in [1.807, 2.05) is 18.3 Å². The van der Waals surface area contributed by atoms with E-state index in [0.717, 1.165) is 23.4 Å². The van der Waals surface area contributed by atoms with Crippen LogP contribution in [0.1, 0.15) is 35.3 Å². The number of nitrogens with one attached hydrogen (secondary N) is 2. The topological polar surface area (TPSA) is 125 Å². The molecule has 156 valence electrons. The summed E-state index contributed by atoms with van der Waals surface area (Å²) in [5.74, 6) is 0.120. The lowest BCUT2D eigenvalue weighted by atomic mass is 10.1. The molecule has 3 aromatic heterocycles. The largest absolute Gasteiger partial charge is 0.426 e. The molecule has 0 radical (unpaired) electrons. The van der Waals surface area contributed by atoms with E-state index in [9.17, 15) is 4.79 Å². The van der Waals surface area contributed by atoms with E-state index in [-0.39, 0.29) is 18.0 Å². The first-order chi connectivity index (χ1) is 14.7. The van der Waals surface area contributed by atoms with Crippen molar-refractivity contribution in [2.75, 3.05) is 20.3 Å². The molecule has 11 nitrogen and oxygen atoms in total. The van der Waals surface area contributed by atoms with E-state index in [2.05, 4.69) is 35.7 Å². The van der Waals surface area contributed by atoms with Crippen LogP contribution in [0.2, 0.25) is 0 Å². The fraction of sp³-hybridized carbons (Fsp3) is 0.389. The Hall–Kier alpha value is -3.09. The molecule has 1 unspecified atom stereocenters. The van der Waals surface area contributed by atoms with Crippen LogP contribution >= 0.6 is 11.3 Å². The lowest BCUT2D eigenvalue weighted by molar-refractivity contribution is -0.0460. The number of thiazole rings is 1. The van der Waals surface area contributed by atoms with Gasteiger partial charge in [-0.15, -0.1) is 21.5 Å². The van der Waals surface area contributed by atoms with E-state index in [1.54, 1.807) is 17.8 Å². The first kappa shape index (κ1) is 18.9. The Morgan fingerprint density at radius 3 is 2.97 bits per heavy atom. The number of amides is 1. The first-order valence-electron chi connectivity index (χ1n) is 9.53. The molecule has 12 heteroatoms. The summed E-state index contributed by atoms with van der Waals surface area (Å²) in [6.07, 6.45) is 8.44. The van der Waals surface area contributed by atoms with Crippen LogP contribution in [-0.2, 0) is 4.74 Å². The number of carbonyl (C=O) groups is 1. The van der Waals surface area contributed by atoms with E-state index >= 15 is 0 Å². The van der Waals surface area contributed by atoms with E-state index < -0.39 is 0 Å². The van der Waals surface area contributed by atoms with Crippen molar-refractivity contribution in [1.29, 1.82) is 0 Å². The highest BCUT2D eigenvalue weighted by atomic mass is 32.1. The summed E-state index contributed by atoms with van der Waals surface area (Å²) in [4.78, 5) is 17.4. The van der Waals surface area contributed by atoms with Crippen LogP contribution in [0.3, 0.4) is 0 Å². The number of hydrogen-bond acceptors (Lipinski definition) is 10. The third-order valence-corrected chi connectivity index (χ3v) is 6.11. The normalized spacial score (nSPS) is 20.5. The molecule has 0 aliphatic carbocycles. The van der Waals surface area contributed by atoms with Crippen LogP contribution in [0.15, 0.2) is 40.5 Å². The van der Waals surface area contributed by atoms with Gasteiger partial charge in [0.25, 0.3) is 5.91 Å². The zero-order chi connectivity index (χ0) is 20.5. The Labute approximate surface area is 175 Å². The van der Waals surface area contributed by atoms with Crippen LogP contribution in [0.4, 0.5) is 0 Å². The molecule has 2 aliphatic heterocycles. The van der Waals surface area contributed by atoms with Gasteiger partial charge in [-0.3, -0.25) is 9.89 Å². The van der Waals surface area contributed by atoms with Crippen LogP contribution in [0, 0.1) is 0 Å². The molecule has 0 spiro atoms. The standard InChI is InChI=1S/C18H20N8O3S/c1-25-15(17-24-21-10-29-17)13(8-26(25)12-2-4-28-5-3-12)22-16(27)14-9-30-18(23-14)11-6-19-20-7-11/h6-10,12,15H,2-5H2,1H3,(H,19,20)(H,22,27). The molecule has 1 atom stereocenters. The predicted molar refractivity (Wildman–Crippen MR) is 106 cm³/mol. The van der Waals surface area contributed by atoms with Crippen molar-refractivity contribution in [1.82, 2.24) is 40.7 Å². The highest BCUT2D eigenvalue weighted by Gasteiger charge is 2.39. The molecule has 30 heavy (non-hydrogen) atoms. The molecule has 1 saturated heterocycles. The van der Waals surface area contributed by atoms with Gasteiger partial charge in [0.15, 0.2) is 0 Å². The molecule has 3 aromatic rings. The second-order valence-electron chi connectivity index (χ2n) is 7.04. The molecule has 0 saturated carbocycles. The summed E-state index contributed by atoms with van der Waals surface area (Å²) in [6, 6.07) is -0.109. The molecule has 2 N–H and O–H groups in total. The minimum atomic E-state index is -0.383. The lowest BCUT2D eigenvalue weighted by Crippen LogP contribution is -2.44. The lowest BCUT2D eigenvalue weighted by Gasteiger charge is -2.37. The van der Waals surface area contributed by atoms with E-state index in [0.29, 0.717) is 30.5 Å². The van der Waals surface area contributed by atoms with Crippen molar-refractivity contribution >= 4 is 17.2 Å². The number of H-pyrrole nitrogens is 1. The molecular formula is C18H20N8O3S. The van der Waals surface area contributed by atoms with Crippen molar-refractivity contribution in [3.05, 3.63) is 47.6 Å². The summed E-state index contributed by atoms with van der Waals surface area (Å²) >= 11 is 1.39. The number of rotatable bonds is 5. The maximum absolute atomic E-state index is 12.9. The van der Waals surface area contributed by atoms with Gasteiger partial charge in [-0.2, -0.15) is 5.10 Å². The fourth-order valence-corrected chi connectivity index (χ4v) is 4.50. The van der Waals surface area contributed by atoms with Crippen molar-refractivity contribution in [2.45, 2.75) is 24.9 Å². The first-order valence-corrected chi connectivity index (χ1v) is 10.4. The quantitative estimate of drug-likeness (QED) is 0.623. The summed E-state index contributed by atoms with van der Waals surface area (Å²) < 4.78 is 10.9. The Morgan fingerprint density at radius 2 is 2.23 bits per heavy atom. The van der Waals surface area contributed by atoms with E-state index in [1.165, 1.54) is 17.7 Å². The second-order valence-corrected chi connectivity index (χ2v) is 7.90. The summed E-state index contributed by atoms with van der Waals surface area (Å²) in [6.45, 7) is 1.43. The van der Waals surface area contributed by atoms with Crippen molar-refractivity contribution in [3.8, 4) is 10.6 Å². The van der Waals surface area contributed by atoms with Gasteiger partial charge in [-0.1, -0.05) is 0 Å². The minimum absolute atomic E-state index is 0.274. The maximum Gasteiger partial charge on any atom is 0.275 e. The van der Waals surface area contributed by atoms with Gasteiger partial charge in [0.05, 0.1) is 11.9 Å². The van der Waals surface area contributed by atoms with Crippen LogP contribution < -0.4 is 5.32 Å². The van der Waals surface area contributed by atoms with Gasteiger partial charge in [0, 0.05) is 49.6 Å². The number of hydrogen-bond donors (Lipinski definition) is 2. The number of likely N-dealkylation sites (N-methyl/N-ethyl adjacent to an activating group) is 1. The molecule has 2 aliphatic rings. The Bertz CT molecular complexity index is 1030. The monoisotopic (exact) mass is 428 g/mol. The Balaban J connectivity index is 1.39. The number of carbonyl (C=O) groups excluding carboxylic acids is 1. The van der Waals surface area contributed by atoms with Crippen molar-refractivity contribution in [3.63, 3.8) is 0 Å². The number of aromatic amines is 1. The number of ether oxygens (including phenoxy) is 1. The average molecular weight is 428 g/mol. The molecule has 5 heterocycles. The Morgan fingerprint density at radius 1 is 1.37 bits per heavy atom. The number of aromatic nitrogens is 5. The number of hydrazine groups is 1. The van der Waals surface area contributed by atoms with Crippen LogP contribution in [0.5, 0.6) is 0 Å². The summed E-state index contributed by atoms with van der Waals surface area (Å²) in [7, 11) is 1.94. The van der Waals surface area contributed by atoms with Gasteiger partial charge in [0.2, 0.25) is 12.3 Å². The van der Waals surface area contributed by atoms with Gasteiger partial charge < -0.3 is 19.5 Å². The summed E-state index contributed by atoms with van der Waals surface area (Å²) in [5, 5.41) is 24.1. The fourth-order valence-electron chi connectivity index (χ4n) is 3.72. The molecule has 0 aromatic carbocycles. The van der Waals surface area contributed by atoms with Gasteiger partial charge in [0.1, 0.15) is 16.7 Å². The second kappa shape index (κ2) is 7.97. The average Bonchev–Trinajstić information content (AvgIpc) is 3.55. The molecule has 1 fully saturated rings. The third kappa shape index (κ3) is 3.49. The van der Waals surface area contributed by atoms with Crippen LogP contribution in [-0.4, -0.2) is 67.6 Å². The highest BCUT2D eigenvalue weighted by Crippen LogP contribution is 2.35. The Kier molecular flexibility index (Phi) is 5.02. The van der Waals surface area contributed by atoms with Gasteiger partial charge in [-0.05, 0) is 12.8 Å². The van der Waals surface area contributed by atoms with Crippen LogP contribution in [0.25, 0.3) is 10.6 Å². The molecule has 5 rings (SSSR count). The van der Waals surface area contributed by atoms with Gasteiger partial charge >= 0.3 is 0 Å². The third-order valence-electron chi connectivity index (χ3n) is 5.22. The zero-order valence-electron chi connectivity index (χ0n) is 16.2. The maximum atomic E-state index is 12.9. The molecule has 0 bridgehead atoms. The van der Waals surface area contributed by atoms with E-state index in [4.69, 9.17) is 9.15 Å². The summed E-state index contributed by atoms with van der Waals surface area (Å²) in [5.41, 5.74) is 1.85. The SMILES string of the molecule is CN1C(c2nnco2)C(NC(=O)c2csc(-c3cn[nH]c3)n2)=CN1C1CCOCC1. The highest BCUT2D eigenvalue weighted by molar-refractivity contribution is 7.13. The smallest absolute Gasteiger partial charge is 0.275 e. The van der Waals surface area contributed by atoms with Gasteiger partial charge in [-0.25, -0.2) is 9.99 Å². The predicted octanol–water partition coefficient (Wildman–Crippen LogP) is 1.57. The van der Waals surface area contributed by atoms with Crippen molar-refractivity contribution < 1.29 is 13.9 Å². The zero-order valence-corrected chi connectivity index (χ0v) is 17.0. The minimum Gasteiger partial charge on any atom is -0.426 e.